The molecule has 1 aliphatic rings. The van der Waals surface area contributed by atoms with Gasteiger partial charge in [-0.2, -0.15) is 0 Å². The Hall–Kier alpha value is -1.46. The molecule has 1 heterocycles. The first-order chi connectivity index (χ1) is 9.22. The van der Waals surface area contributed by atoms with Gasteiger partial charge in [0.15, 0.2) is 5.13 Å². The smallest absolute Gasteiger partial charge is 0.189 e. The van der Waals surface area contributed by atoms with Gasteiger partial charge in [-0.1, -0.05) is 6.07 Å². The van der Waals surface area contributed by atoms with Crippen molar-refractivity contribution >= 4 is 22.2 Å². The van der Waals surface area contributed by atoms with Gasteiger partial charge in [-0.3, -0.25) is 0 Å². The lowest BCUT2D eigenvalue weighted by molar-refractivity contribution is 0.628. The molecule has 1 aromatic carbocycles. The molecule has 1 N–H and O–H groups in total. The van der Waals surface area contributed by atoms with Crippen molar-refractivity contribution < 1.29 is 4.39 Å². The third-order valence-electron chi connectivity index (χ3n) is 3.17. The van der Waals surface area contributed by atoms with Crippen molar-refractivity contribution in [1.82, 2.24) is 10.3 Å². The summed E-state index contributed by atoms with van der Waals surface area (Å²) in [5.41, 5.74) is 0.816. The topological polar surface area (TPSA) is 28.2 Å². The van der Waals surface area contributed by atoms with Gasteiger partial charge in [0.25, 0.3) is 0 Å². The van der Waals surface area contributed by atoms with E-state index in [-0.39, 0.29) is 5.82 Å². The molecule has 0 radical (unpaired) electrons. The molecule has 5 heteroatoms. The van der Waals surface area contributed by atoms with Crippen molar-refractivity contribution in [2.24, 2.45) is 0 Å². The normalized spacial score (nSPS) is 14.6. The number of rotatable bonds is 5. The number of benzene rings is 1. The van der Waals surface area contributed by atoms with E-state index in [1.165, 1.54) is 29.9 Å². The van der Waals surface area contributed by atoms with Crippen LogP contribution >= 0.6 is 11.3 Å². The lowest BCUT2D eigenvalue weighted by atomic mass is 10.3. The molecule has 0 atom stereocenters. The second-order valence-electron chi connectivity index (χ2n) is 4.80. The number of nitrogens with one attached hydrogen (secondary N) is 1. The van der Waals surface area contributed by atoms with Crippen molar-refractivity contribution in [2.45, 2.75) is 25.4 Å². The molecule has 1 aromatic heterocycles. The minimum absolute atomic E-state index is 0.225. The fourth-order valence-corrected chi connectivity index (χ4v) is 2.70. The van der Waals surface area contributed by atoms with Crippen LogP contribution in [0.1, 0.15) is 17.7 Å². The highest BCUT2D eigenvalue weighted by Gasteiger charge is 2.20. The Morgan fingerprint density at radius 3 is 3.05 bits per heavy atom. The van der Waals surface area contributed by atoms with Gasteiger partial charge >= 0.3 is 0 Å². The highest BCUT2D eigenvalue weighted by Crippen LogP contribution is 2.29. The van der Waals surface area contributed by atoms with Crippen molar-refractivity contribution in [3.63, 3.8) is 0 Å². The summed E-state index contributed by atoms with van der Waals surface area (Å²) in [5.74, 6) is -0.225. The number of anilines is 2. The van der Waals surface area contributed by atoms with Gasteiger partial charge in [0.1, 0.15) is 5.82 Å². The number of hydrogen-bond acceptors (Lipinski definition) is 4. The maximum Gasteiger partial charge on any atom is 0.189 e. The molecular formula is C14H16FN3S. The molecule has 1 aliphatic carbocycles. The maximum absolute atomic E-state index is 13.2. The first kappa shape index (κ1) is 12.6. The summed E-state index contributed by atoms with van der Waals surface area (Å²) in [6.07, 6.45) is 4.47. The van der Waals surface area contributed by atoms with Crippen LogP contribution in [0.4, 0.5) is 15.2 Å². The SMILES string of the molecule is CN(c1cccc(F)c1)c1ncc(CNC2CC2)s1. The fraction of sp³-hybridized carbons (Fsp3) is 0.357. The lowest BCUT2D eigenvalue weighted by Gasteiger charge is -2.15. The quantitative estimate of drug-likeness (QED) is 0.909. The Bertz CT molecular complexity index is 565. The van der Waals surface area contributed by atoms with Gasteiger partial charge in [-0.05, 0) is 31.0 Å². The molecule has 0 unspecified atom stereocenters. The zero-order chi connectivity index (χ0) is 13.2. The molecule has 0 saturated heterocycles. The second kappa shape index (κ2) is 5.27. The molecule has 0 bridgehead atoms. The molecule has 3 nitrogen and oxygen atoms in total. The van der Waals surface area contributed by atoms with E-state index in [1.807, 2.05) is 24.2 Å². The van der Waals surface area contributed by atoms with E-state index in [4.69, 9.17) is 0 Å². The van der Waals surface area contributed by atoms with Crippen LogP contribution in [-0.2, 0) is 6.54 Å². The first-order valence-corrected chi connectivity index (χ1v) is 7.21. The van der Waals surface area contributed by atoms with Gasteiger partial charge < -0.3 is 10.2 Å². The highest BCUT2D eigenvalue weighted by atomic mass is 32.1. The standard InChI is InChI=1S/C14H16FN3S/c1-18(12-4-2-3-10(15)7-12)14-17-9-13(19-14)8-16-11-5-6-11/h2-4,7,9,11,16H,5-6,8H2,1H3. The molecule has 3 rings (SSSR count). The summed E-state index contributed by atoms with van der Waals surface area (Å²) in [6, 6.07) is 7.26. The largest absolute Gasteiger partial charge is 0.321 e. The highest BCUT2D eigenvalue weighted by molar-refractivity contribution is 7.15. The third kappa shape index (κ3) is 3.11. The van der Waals surface area contributed by atoms with E-state index in [2.05, 4.69) is 10.3 Å². The van der Waals surface area contributed by atoms with Gasteiger partial charge in [-0.15, -0.1) is 11.3 Å². The average molecular weight is 277 g/mol. The lowest BCUT2D eigenvalue weighted by Crippen LogP contribution is -2.14. The molecule has 0 aliphatic heterocycles. The molecule has 19 heavy (non-hydrogen) atoms. The molecule has 0 spiro atoms. The Balaban J connectivity index is 1.70. The average Bonchev–Trinajstić information content (AvgIpc) is 3.13. The van der Waals surface area contributed by atoms with E-state index >= 15 is 0 Å². The van der Waals surface area contributed by atoms with E-state index in [0.717, 1.165) is 17.4 Å². The van der Waals surface area contributed by atoms with E-state index in [9.17, 15) is 4.39 Å². The van der Waals surface area contributed by atoms with Crippen LogP contribution in [0.2, 0.25) is 0 Å². The van der Waals surface area contributed by atoms with E-state index in [0.29, 0.717) is 6.04 Å². The summed E-state index contributed by atoms with van der Waals surface area (Å²) in [4.78, 5) is 7.53. The molecule has 2 aromatic rings. The zero-order valence-electron chi connectivity index (χ0n) is 10.8. The van der Waals surface area contributed by atoms with Crippen LogP contribution < -0.4 is 10.2 Å². The summed E-state index contributed by atoms with van der Waals surface area (Å²) in [5, 5.41) is 4.35. The molecule has 1 saturated carbocycles. The van der Waals surface area contributed by atoms with Crippen molar-refractivity contribution in [3.8, 4) is 0 Å². The van der Waals surface area contributed by atoms with Crippen LogP contribution in [0, 0.1) is 5.82 Å². The summed E-state index contributed by atoms with van der Waals surface area (Å²) < 4.78 is 13.2. The number of aromatic nitrogens is 1. The van der Waals surface area contributed by atoms with Crippen molar-refractivity contribution in [3.05, 3.63) is 41.2 Å². The summed E-state index contributed by atoms with van der Waals surface area (Å²) in [6.45, 7) is 0.874. The summed E-state index contributed by atoms with van der Waals surface area (Å²) in [7, 11) is 1.91. The Labute approximate surface area is 116 Å². The van der Waals surface area contributed by atoms with Crippen molar-refractivity contribution in [2.75, 3.05) is 11.9 Å². The fourth-order valence-electron chi connectivity index (χ4n) is 1.86. The van der Waals surface area contributed by atoms with Crippen molar-refractivity contribution in [1.29, 1.82) is 0 Å². The Morgan fingerprint density at radius 1 is 1.47 bits per heavy atom. The minimum atomic E-state index is -0.225. The van der Waals surface area contributed by atoms with Crippen LogP contribution in [-0.4, -0.2) is 18.1 Å². The van der Waals surface area contributed by atoms with Gasteiger partial charge in [0.2, 0.25) is 0 Å². The number of halogens is 1. The predicted octanol–water partition coefficient (Wildman–Crippen LogP) is 3.30. The predicted molar refractivity (Wildman–Crippen MR) is 76.4 cm³/mol. The number of thiazole rings is 1. The summed E-state index contributed by atoms with van der Waals surface area (Å²) >= 11 is 1.64. The molecule has 1 fully saturated rings. The Kier molecular flexibility index (Phi) is 3.48. The van der Waals surface area contributed by atoms with Crippen LogP contribution in [0.3, 0.4) is 0 Å². The monoisotopic (exact) mass is 277 g/mol. The van der Waals surface area contributed by atoms with Crippen LogP contribution in [0.25, 0.3) is 0 Å². The molecule has 100 valence electrons. The molecular weight excluding hydrogens is 261 g/mol. The van der Waals surface area contributed by atoms with Gasteiger partial charge in [0.05, 0.1) is 0 Å². The van der Waals surface area contributed by atoms with E-state index in [1.54, 1.807) is 17.4 Å². The van der Waals surface area contributed by atoms with Crippen LogP contribution in [0.15, 0.2) is 30.5 Å². The first-order valence-electron chi connectivity index (χ1n) is 6.40. The van der Waals surface area contributed by atoms with Gasteiger partial charge in [-0.25, -0.2) is 9.37 Å². The maximum atomic E-state index is 13.2. The minimum Gasteiger partial charge on any atom is -0.321 e. The number of nitrogens with zero attached hydrogens (tertiary/aromatic N) is 2. The molecule has 0 amide bonds. The van der Waals surface area contributed by atoms with Gasteiger partial charge in [0, 0.05) is 36.4 Å². The Morgan fingerprint density at radius 2 is 2.32 bits per heavy atom. The van der Waals surface area contributed by atoms with Crippen LogP contribution in [0.5, 0.6) is 0 Å². The second-order valence-corrected chi connectivity index (χ2v) is 5.90. The number of hydrogen-bond donors (Lipinski definition) is 1. The zero-order valence-corrected chi connectivity index (χ0v) is 11.6. The van der Waals surface area contributed by atoms with E-state index < -0.39 is 0 Å². The third-order valence-corrected chi connectivity index (χ3v) is 4.24.